The smallest absolute Gasteiger partial charge is 0.407 e. The van der Waals surface area contributed by atoms with E-state index in [-0.39, 0.29) is 5.41 Å². The fourth-order valence-electron chi connectivity index (χ4n) is 3.10. The molecule has 6 heteroatoms. The highest BCUT2D eigenvalue weighted by molar-refractivity contribution is 6.17. The van der Waals surface area contributed by atoms with Crippen LogP contribution in [-0.4, -0.2) is 47.9 Å². The van der Waals surface area contributed by atoms with Crippen molar-refractivity contribution in [3.8, 4) is 0 Å². The van der Waals surface area contributed by atoms with Crippen LogP contribution in [0.25, 0.3) is 0 Å². The number of benzene rings is 1. The van der Waals surface area contributed by atoms with Gasteiger partial charge >= 0.3 is 6.09 Å². The maximum Gasteiger partial charge on any atom is 0.407 e. The SMILES string of the molecule is CC(C)(CCCCCl)CNCC(O)C(Cc1ccccc1)NC(=O)OC(C)(C)C. The second-order valence-electron chi connectivity index (χ2n) is 9.45. The first-order chi connectivity index (χ1) is 13.5. The summed E-state index contributed by atoms with van der Waals surface area (Å²) < 4.78 is 5.38. The lowest BCUT2D eigenvalue weighted by molar-refractivity contribution is 0.0420. The molecule has 2 atom stereocenters. The van der Waals surface area contributed by atoms with Crippen LogP contribution in [-0.2, 0) is 11.2 Å². The molecule has 0 saturated heterocycles. The molecular formula is C23H39ClN2O3. The Morgan fingerprint density at radius 1 is 1.14 bits per heavy atom. The van der Waals surface area contributed by atoms with E-state index in [0.717, 1.165) is 31.4 Å². The van der Waals surface area contributed by atoms with Gasteiger partial charge in [-0.15, -0.1) is 11.6 Å². The van der Waals surface area contributed by atoms with Crippen LogP contribution in [0.2, 0.25) is 0 Å². The number of nitrogens with one attached hydrogen (secondary N) is 2. The zero-order chi connectivity index (χ0) is 21.9. The summed E-state index contributed by atoms with van der Waals surface area (Å²) in [5.41, 5.74) is 0.589. The molecular weight excluding hydrogens is 388 g/mol. The molecule has 1 aromatic carbocycles. The van der Waals surface area contributed by atoms with Crippen LogP contribution < -0.4 is 10.6 Å². The topological polar surface area (TPSA) is 70.6 Å². The molecule has 0 saturated carbocycles. The maximum absolute atomic E-state index is 12.3. The molecule has 0 aromatic heterocycles. The number of aliphatic hydroxyl groups is 1. The third-order valence-electron chi connectivity index (χ3n) is 4.66. The summed E-state index contributed by atoms with van der Waals surface area (Å²) in [6.45, 7) is 11.1. The van der Waals surface area contributed by atoms with Gasteiger partial charge in [-0.2, -0.15) is 0 Å². The van der Waals surface area contributed by atoms with E-state index >= 15 is 0 Å². The number of carbonyl (C=O) groups is 1. The van der Waals surface area contributed by atoms with Crippen LogP contribution in [0.5, 0.6) is 0 Å². The van der Waals surface area contributed by atoms with Crippen LogP contribution >= 0.6 is 11.6 Å². The van der Waals surface area contributed by atoms with E-state index in [1.54, 1.807) is 0 Å². The fraction of sp³-hybridized carbons (Fsp3) is 0.696. The lowest BCUT2D eigenvalue weighted by Crippen LogP contribution is -2.50. The number of carbonyl (C=O) groups excluding carboxylic acids is 1. The number of unbranched alkanes of at least 4 members (excludes halogenated alkanes) is 1. The van der Waals surface area contributed by atoms with Crippen molar-refractivity contribution in [2.45, 2.75) is 78.0 Å². The van der Waals surface area contributed by atoms with Crippen LogP contribution in [0.3, 0.4) is 0 Å². The van der Waals surface area contributed by atoms with Crippen molar-refractivity contribution in [2.24, 2.45) is 5.41 Å². The zero-order valence-electron chi connectivity index (χ0n) is 18.6. The van der Waals surface area contributed by atoms with Crippen LogP contribution in [0, 0.1) is 5.41 Å². The van der Waals surface area contributed by atoms with Gasteiger partial charge in [0.15, 0.2) is 0 Å². The molecule has 3 N–H and O–H groups in total. The third kappa shape index (κ3) is 12.1. The van der Waals surface area contributed by atoms with Crippen molar-refractivity contribution in [1.29, 1.82) is 0 Å². The molecule has 0 aliphatic heterocycles. The number of rotatable bonds is 12. The Kier molecular flexibility index (Phi) is 11.0. The predicted molar refractivity (Wildman–Crippen MR) is 121 cm³/mol. The lowest BCUT2D eigenvalue weighted by atomic mass is 9.87. The first-order valence-corrected chi connectivity index (χ1v) is 11.0. The highest BCUT2D eigenvalue weighted by Gasteiger charge is 2.25. The van der Waals surface area contributed by atoms with Crippen molar-refractivity contribution >= 4 is 17.7 Å². The second kappa shape index (κ2) is 12.4. The van der Waals surface area contributed by atoms with Gasteiger partial charge in [-0.25, -0.2) is 4.79 Å². The summed E-state index contributed by atoms with van der Waals surface area (Å²) in [4.78, 5) is 12.3. The standard InChI is InChI=1S/C23H39ClN2O3/c1-22(2,3)29-21(28)26-19(15-18-11-7-6-8-12-18)20(27)16-25-17-23(4,5)13-9-10-14-24/h6-8,11-12,19-20,25,27H,9-10,13-17H2,1-5H3,(H,26,28). The normalized spacial score (nSPS) is 14.3. The molecule has 0 heterocycles. The average Bonchev–Trinajstić information content (AvgIpc) is 2.60. The molecule has 1 aromatic rings. The Hall–Kier alpha value is -1.30. The van der Waals surface area contributed by atoms with Crippen molar-refractivity contribution in [3.05, 3.63) is 35.9 Å². The molecule has 1 rings (SSSR count). The van der Waals surface area contributed by atoms with E-state index in [2.05, 4.69) is 24.5 Å². The van der Waals surface area contributed by atoms with E-state index in [1.807, 2.05) is 51.1 Å². The summed E-state index contributed by atoms with van der Waals surface area (Å²) in [5, 5.41) is 17.0. The van der Waals surface area contributed by atoms with Gasteiger partial charge in [0.25, 0.3) is 0 Å². The number of hydrogen-bond acceptors (Lipinski definition) is 4. The van der Waals surface area contributed by atoms with Gasteiger partial charge < -0.3 is 20.5 Å². The second-order valence-corrected chi connectivity index (χ2v) is 9.83. The minimum atomic E-state index is -0.735. The Morgan fingerprint density at radius 3 is 2.38 bits per heavy atom. The molecule has 0 aliphatic carbocycles. The number of halogens is 1. The minimum absolute atomic E-state index is 0.124. The number of hydrogen-bond donors (Lipinski definition) is 3. The molecule has 1 amide bonds. The van der Waals surface area contributed by atoms with Crippen LogP contribution in [0.1, 0.15) is 59.4 Å². The molecule has 166 valence electrons. The minimum Gasteiger partial charge on any atom is -0.444 e. The van der Waals surface area contributed by atoms with Crippen molar-refractivity contribution < 1.29 is 14.6 Å². The van der Waals surface area contributed by atoms with Gasteiger partial charge in [0.05, 0.1) is 12.1 Å². The predicted octanol–water partition coefficient (Wildman–Crippen LogP) is 4.51. The Labute approximate surface area is 181 Å². The first kappa shape index (κ1) is 25.7. The van der Waals surface area contributed by atoms with Crippen molar-refractivity contribution in [2.75, 3.05) is 19.0 Å². The molecule has 29 heavy (non-hydrogen) atoms. The van der Waals surface area contributed by atoms with Crippen LogP contribution in [0.4, 0.5) is 4.79 Å². The third-order valence-corrected chi connectivity index (χ3v) is 4.93. The largest absolute Gasteiger partial charge is 0.444 e. The average molecular weight is 427 g/mol. The van der Waals surface area contributed by atoms with E-state index in [0.29, 0.717) is 18.8 Å². The highest BCUT2D eigenvalue weighted by atomic mass is 35.5. The summed E-state index contributed by atoms with van der Waals surface area (Å²) in [6.07, 6.45) is 2.47. The molecule has 5 nitrogen and oxygen atoms in total. The van der Waals surface area contributed by atoms with Crippen LogP contribution in [0.15, 0.2) is 30.3 Å². The van der Waals surface area contributed by atoms with Crippen molar-refractivity contribution in [1.82, 2.24) is 10.6 Å². The Morgan fingerprint density at radius 2 is 1.79 bits per heavy atom. The van der Waals surface area contributed by atoms with Gasteiger partial charge in [0, 0.05) is 19.0 Å². The van der Waals surface area contributed by atoms with Gasteiger partial charge in [0.2, 0.25) is 0 Å². The molecule has 0 aliphatic rings. The summed E-state index contributed by atoms with van der Waals surface area (Å²) in [7, 11) is 0. The molecule has 0 bridgehead atoms. The highest BCUT2D eigenvalue weighted by Crippen LogP contribution is 2.22. The van der Waals surface area contributed by atoms with E-state index < -0.39 is 23.8 Å². The summed E-state index contributed by atoms with van der Waals surface area (Å²) in [5.74, 6) is 0.694. The zero-order valence-corrected chi connectivity index (χ0v) is 19.4. The Balaban J connectivity index is 2.64. The number of aliphatic hydroxyl groups excluding tert-OH is 1. The van der Waals surface area contributed by atoms with E-state index in [9.17, 15) is 9.90 Å². The molecule has 0 radical (unpaired) electrons. The number of amides is 1. The van der Waals surface area contributed by atoms with E-state index in [4.69, 9.17) is 16.3 Å². The molecule has 0 spiro atoms. The van der Waals surface area contributed by atoms with Gasteiger partial charge in [-0.1, -0.05) is 50.6 Å². The van der Waals surface area contributed by atoms with E-state index in [1.165, 1.54) is 0 Å². The number of alkyl carbamates (subject to hydrolysis) is 1. The first-order valence-electron chi connectivity index (χ1n) is 10.5. The van der Waals surface area contributed by atoms with Gasteiger partial charge in [-0.05, 0) is 51.0 Å². The Bertz CT molecular complexity index is 588. The van der Waals surface area contributed by atoms with Crippen molar-refractivity contribution in [3.63, 3.8) is 0 Å². The number of alkyl halides is 1. The number of ether oxygens (including phenoxy) is 1. The quantitative estimate of drug-likeness (QED) is 0.339. The summed E-state index contributed by atoms with van der Waals surface area (Å²) in [6, 6.07) is 9.39. The maximum atomic E-state index is 12.3. The molecule has 2 unspecified atom stereocenters. The lowest BCUT2D eigenvalue weighted by Gasteiger charge is -2.29. The summed E-state index contributed by atoms with van der Waals surface area (Å²) >= 11 is 5.77. The van der Waals surface area contributed by atoms with Gasteiger partial charge in [-0.3, -0.25) is 0 Å². The monoisotopic (exact) mass is 426 g/mol. The van der Waals surface area contributed by atoms with Gasteiger partial charge in [0.1, 0.15) is 5.60 Å². The molecule has 0 fully saturated rings. The fourth-order valence-corrected chi connectivity index (χ4v) is 3.29.